The van der Waals surface area contributed by atoms with Crippen molar-refractivity contribution in [1.82, 2.24) is 4.57 Å². The first-order valence-electron chi connectivity index (χ1n) is 5.95. The summed E-state index contributed by atoms with van der Waals surface area (Å²) in [6, 6.07) is 6.98. The summed E-state index contributed by atoms with van der Waals surface area (Å²) in [5.41, 5.74) is -0.380. The smallest absolute Gasteiger partial charge is 0.264 e. The van der Waals surface area contributed by atoms with E-state index >= 15 is 0 Å². The number of halogens is 4. The quantitative estimate of drug-likeness (QED) is 0.724. The van der Waals surface area contributed by atoms with E-state index in [1.54, 1.807) is 22.6 Å². The van der Waals surface area contributed by atoms with Gasteiger partial charge in [0.1, 0.15) is 11.6 Å². The van der Waals surface area contributed by atoms with Crippen LogP contribution in [-0.2, 0) is 6.54 Å². The summed E-state index contributed by atoms with van der Waals surface area (Å²) in [7, 11) is 1.39. The second-order valence-electron chi connectivity index (χ2n) is 4.22. The number of nitrogens with zero attached hydrogens (tertiary/aromatic N) is 1. The molecule has 0 aliphatic rings. The fraction of sp³-hybridized carbons (Fsp3) is 0.214. The zero-order valence-electron chi connectivity index (χ0n) is 10.9. The fourth-order valence-electron chi connectivity index (χ4n) is 1.94. The zero-order chi connectivity index (χ0) is 15.6. The summed E-state index contributed by atoms with van der Waals surface area (Å²) in [6.45, 7) is -0.781. The molecule has 0 unspecified atom stereocenters. The highest BCUT2D eigenvalue weighted by Gasteiger charge is 2.16. The van der Waals surface area contributed by atoms with Crippen LogP contribution in [-0.4, -0.2) is 18.1 Å². The van der Waals surface area contributed by atoms with E-state index in [1.165, 1.54) is 31.4 Å². The summed E-state index contributed by atoms with van der Waals surface area (Å²) >= 11 is 1.76. The number of pyridine rings is 1. The minimum absolute atomic E-state index is 0.0740. The molecule has 0 saturated carbocycles. The van der Waals surface area contributed by atoms with Gasteiger partial charge in [0.15, 0.2) is 0 Å². The molecular weight excluding hydrogens is 398 g/mol. The van der Waals surface area contributed by atoms with E-state index in [0.29, 0.717) is 9.32 Å². The lowest BCUT2D eigenvalue weighted by molar-refractivity contribution is 0.125. The van der Waals surface area contributed by atoms with Crippen molar-refractivity contribution in [3.8, 4) is 17.0 Å². The molecular formula is C14H11F3INO2. The van der Waals surface area contributed by atoms with Gasteiger partial charge in [-0.1, -0.05) is 0 Å². The van der Waals surface area contributed by atoms with Crippen molar-refractivity contribution in [2.45, 2.75) is 13.0 Å². The molecule has 0 aliphatic carbocycles. The molecule has 0 fully saturated rings. The number of alkyl halides is 2. The van der Waals surface area contributed by atoms with Crippen LogP contribution in [0.4, 0.5) is 13.2 Å². The molecule has 0 spiro atoms. The Bertz CT molecular complexity index is 716. The Hall–Kier alpha value is -1.51. The van der Waals surface area contributed by atoms with Crippen LogP contribution in [0.3, 0.4) is 0 Å². The third-order valence-corrected chi connectivity index (χ3v) is 3.72. The maximum Gasteiger partial charge on any atom is 0.264 e. The van der Waals surface area contributed by atoms with E-state index in [2.05, 4.69) is 0 Å². The molecule has 1 heterocycles. The lowest BCUT2D eigenvalue weighted by atomic mass is 10.1. The molecule has 7 heteroatoms. The number of aromatic nitrogens is 1. The predicted molar refractivity (Wildman–Crippen MR) is 81.4 cm³/mol. The summed E-state index contributed by atoms with van der Waals surface area (Å²) in [6.07, 6.45) is -2.71. The monoisotopic (exact) mass is 409 g/mol. The number of methoxy groups -OCH3 is 1. The third-order valence-electron chi connectivity index (χ3n) is 2.90. The van der Waals surface area contributed by atoms with Crippen LogP contribution in [0.1, 0.15) is 0 Å². The lowest BCUT2D eigenvalue weighted by Gasteiger charge is -2.14. The zero-order valence-corrected chi connectivity index (χ0v) is 13.1. The second kappa shape index (κ2) is 6.50. The van der Waals surface area contributed by atoms with Crippen molar-refractivity contribution >= 4 is 22.6 Å². The Balaban J connectivity index is 2.63. The molecule has 1 aromatic heterocycles. The molecule has 0 N–H and O–H groups in total. The Labute approximate surface area is 132 Å². The highest BCUT2D eigenvalue weighted by molar-refractivity contribution is 14.1. The normalized spacial score (nSPS) is 11.0. The van der Waals surface area contributed by atoms with Gasteiger partial charge in [-0.05, 0) is 46.9 Å². The van der Waals surface area contributed by atoms with Gasteiger partial charge < -0.3 is 9.30 Å². The first kappa shape index (κ1) is 15.9. The van der Waals surface area contributed by atoms with Crippen molar-refractivity contribution in [3.05, 3.63) is 50.1 Å². The van der Waals surface area contributed by atoms with Gasteiger partial charge in [-0.15, -0.1) is 0 Å². The van der Waals surface area contributed by atoms with Crippen molar-refractivity contribution in [1.29, 1.82) is 0 Å². The van der Waals surface area contributed by atoms with Crippen LogP contribution in [0.25, 0.3) is 11.3 Å². The molecule has 0 bridgehead atoms. The SMILES string of the molecule is COc1ccc(-c2ccc(I)c(=O)n2CC(F)F)c(F)c1. The van der Waals surface area contributed by atoms with E-state index in [1.807, 2.05) is 0 Å². The van der Waals surface area contributed by atoms with Crippen molar-refractivity contribution < 1.29 is 17.9 Å². The van der Waals surface area contributed by atoms with Crippen LogP contribution in [0.2, 0.25) is 0 Å². The van der Waals surface area contributed by atoms with Crippen LogP contribution < -0.4 is 10.3 Å². The number of ether oxygens (including phenoxy) is 1. The molecule has 0 atom stereocenters. The average Bonchev–Trinajstić information content (AvgIpc) is 2.44. The molecule has 112 valence electrons. The largest absolute Gasteiger partial charge is 0.497 e. The third kappa shape index (κ3) is 3.39. The summed E-state index contributed by atoms with van der Waals surface area (Å²) in [5, 5.41) is 0. The van der Waals surface area contributed by atoms with Crippen LogP contribution in [0.5, 0.6) is 5.75 Å². The number of benzene rings is 1. The van der Waals surface area contributed by atoms with Crippen molar-refractivity contribution in [2.75, 3.05) is 7.11 Å². The van der Waals surface area contributed by atoms with E-state index in [9.17, 15) is 18.0 Å². The maximum atomic E-state index is 14.1. The van der Waals surface area contributed by atoms with Gasteiger partial charge in [-0.2, -0.15) is 0 Å². The van der Waals surface area contributed by atoms with E-state index in [-0.39, 0.29) is 11.3 Å². The van der Waals surface area contributed by atoms with Gasteiger partial charge in [-0.25, -0.2) is 13.2 Å². The summed E-state index contributed by atoms with van der Waals surface area (Å²) < 4.78 is 45.5. The second-order valence-corrected chi connectivity index (χ2v) is 5.38. The number of hydrogen-bond donors (Lipinski definition) is 0. The highest BCUT2D eigenvalue weighted by atomic mass is 127. The average molecular weight is 409 g/mol. The molecule has 0 amide bonds. The molecule has 1 aromatic carbocycles. The van der Waals surface area contributed by atoms with Gasteiger partial charge in [0.25, 0.3) is 12.0 Å². The minimum atomic E-state index is -2.71. The Kier molecular flexibility index (Phi) is 4.92. The van der Waals surface area contributed by atoms with E-state index in [4.69, 9.17) is 4.74 Å². The first-order chi connectivity index (χ1) is 9.93. The standard InChI is InChI=1S/C14H11F3INO2/c1-21-8-2-3-9(10(15)6-8)12-5-4-11(18)14(20)19(12)7-13(16)17/h2-6,13H,7H2,1H3. The fourth-order valence-corrected chi connectivity index (χ4v) is 2.41. The number of rotatable bonds is 4. The first-order valence-corrected chi connectivity index (χ1v) is 7.03. The molecule has 3 nitrogen and oxygen atoms in total. The Morgan fingerprint density at radius 2 is 2.00 bits per heavy atom. The number of hydrogen-bond acceptors (Lipinski definition) is 2. The lowest BCUT2D eigenvalue weighted by Crippen LogP contribution is -2.26. The van der Waals surface area contributed by atoms with Gasteiger partial charge >= 0.3 is 0 Å². The van der Waals surface area contributed by atoms with Gasteiger partial charge in [0.2, 0.25) is 0 Å². The predicted octanol–water partition coefficient (Wildman–Crippen LogP) is 3.53. The van der Waals surface area contributed by atoms with Gasteiger partial charge in [-0.3, -0.25) is 4.79 Å². The molecule has 0 aliphatic heterocycles. The van der Waals surface area contributed by atoms with Gasteiger partial charge in [0.05, 0.1) is 22.9 Å². The highest BCUT2D eigenvalue weighted by Crippen LogP contribution is 2.26. The summed E-state index contributed by atoms with van der Waals surface area (Å²) in [4.78, 5) is 12.0. The van der Waals surface area contributed by atoms with E-state index in [0.717, 1.165) is 10.6 Å². The van der Waals surface area contributed by atoms with Crippen molar-refractivity contribution in [3.63, 3.8) is 0 Å². The Morgan fingerprint density at radius 1 is 1.29 bits per heavy atom. The summed E-state index contributed by atoms with van der Waals surface area (Å²) in [5.74, 6) is -0.331. The van der Waals surface area contributed by atoms with Crippen LogP contribution >= 0.6 is 22.6 Å². The van der Waals surface area contributed by atoms with E-state index < -0.39 is 24.3 Å². The Morgan fingerprint density at radius 3 is 2.57 bits per heavy atom. The molecule has 0 saturated heterocycles. The maximum absolute atomic E-state index is 14.1. The molecule has 0 radical (unpaired) electrons. The molecule has 2 aromatic rings. The minimum Gasteiger partial charge on any atom is -0.497 e. The molecule has 2 rings (SSSR count). The van der Waals surface area contributed by atoms with Crippen LogP contribution in [0.15, 0.2) is 35.1 Å². The van der Waals surface area contributed by atoms with Crippen molar-refractivity contribution in [2.24, 2.45) is 0 Å². The molecule has 21 heavy (non-hydrogen) atoms. The van der Waals surface area contributed by atoms with Gasteiger partial charge in [0, 0.05) is 11.6 Å². The van der Waals surface area contributed by atoms with Crippen LogP contribution in [0, 0.1) is 9.39 Å². The topological polar surface area (TPSA) is 31.2 Å².